The maximum Gasteiger partial charge on any atom is 0.145 e. The average molecular weight is 304 g/mol. The van der Waals surface area contributed by atoms with E-state index in [1.54, 1.807) is 45.3 Å². The van der Waals surface area contributed by atoms with E-state index in [-0.39, 0.29) is 0 Å². The number of hydrogen-bond donors (Lipinski definition) is 0. The molecule has 2 nitrogen and oxygen atoms in total. The van der Waals surface area contributed by atoms with Crippen molar-refractivity contribution >= 4 is 84.8 Å². The predicted octanol–water partition coefficient (Wildman–Crippen LogP) is 5.34. The van der Waals surface area contributed by atoms with E-state index >= 15 is 0 Å². The van der Waals surface area contributed by atoms with Crippen molar-refractivity contribution < 1.29 is 0 Å². The van der Waals surface area contributed by atoms with Crippen LogP contribution in [0.25, 0.3) is 39.5 Å². The quantitative estimate of drug-likeness (QED) is 0.386. The zero-order valence-electron chi connectivity index (χ0n) is 8.84. The molecular weight excluding hydrogens is 300 g/mol. The highest BCUT2D eigenvalue weighted by molar-refractivity contribution is 7.33. The molecule has 5 aromatic rings. The first kappa shape index (κ1) is 9.80. The van der Waals surface area contributed by atoms with Crippen LogP contribution in [0, 0.1) is 0 Å². The standard InChI is InChI=1S/C12H4N2S4/c1-3-15-9-5(1)17-11-7(9)13-8-10-6(2-4-16-10)18-12(8)14-11/h1-4H. The molecule has 0 unspecified atom stereocenters. The van der Waals surface area contributed by atoms with E-state index < -0.39 is 0 Å². The van der Waals surface area contributed by atoms with Crippen LogP contribution in [0.3, 0.4) is 0 Å². The number of hydrogen-bond acceptors (Lipinski definition) is 6. The Morgan fingerprint density at radius 3 is 1.83 bits per heavy atom. The second-order valence-electron chi connectivity index (χ2n) is 3.96. The van der Waals surface area contributed by atoms with Crippen molar-refractivity contribution in [1.29, 1.82) is 0 Å². The van der Waals surface area contributed by atoms with Gasteiger partial charge in [-0.05, 0) is 22.9 Å². The summed E-state index contributed by atoms with van der Waals surface area (Å²) in [6.07, 6.45) is 0. The Morgan fingerprint density at radius 2 is 1.28 bits per heavy atom. The minimum Gasteiger partial charge on any atom is -0.240 e. The molecule has 0 aliphatic heterocycles. The van der Waals surface area contributed by atoms with Gasteiger partial charge in [-0.2, -0.15) is 0 Å². The smallest absolute Gasteiger partial charge is 0.145 e. The van der Waals surface area contributed by atoms with Crippen molar-refractivity contribution in [1.82, 2.24) is 9.97 Å². The molecule has 0 spiro atoms. The normalized spacial score (nSPS) is 12.4. The summed E-state index contributed by atoms with van der Waals surface area (Å²) in [4.78, 5) is 11.8. The number of rotatable bonds is 0. The van der Waals surface area contributed by atoms with Crippen LogP contribution in [0.1, 0.15) is 0 Å². The fraction of sp³-hybridized carbons (Fsp3) is 0. The molecule has 0 saturated carbocycles. The highest BCUT2D eigenvalue weighted by Gasteiger charge is 2.14. The van der Waals surface area contributed by atoms with E-state index in [1.165, 1.54) is 18.8 Å². The Hall–Kier alpha value is -1.08. The summed E-state index contributed by atoms with van der Waals surface area (Å²) in [6, 6.07) is 4.31. The summed E-state index contributed by atoms with van der Waals surface area (Å²) in [7, 11) is 0. The van der Waals surface area contributed by atoms with Crippen molar-refractivity contribution in [2.24, 2.45) is 0 Å². The van der Waals surface area contributed by atoms with E-state index in [0.717, 1.165) is 20.7 Å². The van der Waals surface area contributed by atoms with Crippen LogP contribution < -0.4 is 0 Å². The van der Waals surface area contributed by atoms with Crippen LogP contribution in [0.2, 0.25) is 0 Å². The van der Waals surface area contributed by atoms with Gasteiger partial charge >= 0.3 is 0 Å². The largest absolute Gasteiger partial charge is 0.240 e. The third-order valence-electron chi connectivity index (χ3n) is 2.93. The zero-order valence-corrected chi connectivity index (χ0v) is 12.1. The highest BCUT2D eigenvalue weighted by atomic mass is 32.1. The third kappa shape index (κ3) is 1.11. The van der Waals surface area contributed by atoms with E-state index in [2.05, 4.69) is 22.9 Å². The number of nitrogens with zero attached hydrogens (tertiary/aromatic N) is 2. The minimum absolute atomic E-state index is 1.07. The monoisotopic (exact) mass is 304 g/mol. The van der Waals surface area contributed by atoms with Gasteiger partial charge in [0, 0.05) is 9.40 Å². The van der Waals surface area contributed by atoms with Gasteiger partial charge in [-0.1, -0.05) is 0 Å². The van der Waals surface area contributed by atoms with Gasteiger partial charge in [-0.15, -0.1) is 45.3 Å². The maximum atomic E-state index is 4.88. The van der Waals surface area contributed by atoms with E-state index in [1.807, 2.05) is 0 Å². The molecule has 6 heteroatoms. The van der Waals surface area contributed by atoms with E-state index in [4.69, 9.17) is 9.97 Å². The molecule has 18 heavy (non-hydrogen) atoms. The lowest BCUT2D eigenvalue weighted by atomic mass is 10.4. The Bertz CT molecular complexity index is 950. The van der Waals surface area contributed by atoms with Gasteiger partial charge in [0.25, 0.3) is 0 Å². The Labute approximate surface area is 117 Å². The van der Waals surface area contributed by atoms with E-state index in [0.29, 0.717) is 0 Å². The van der Waals surface area contributed by atoms with Gasteiger partial charge in [0.05, 0.1) is 9.40 Å². The van der Waals surface area contributed by atoms with Gasteiger partial charge in [-0.25, -0.2) is 9.97 Å². The van der Waals surface area contributed by atoms with Crippen molar-refractivity contribution in [3.8, 4) is 0 Å². The van der Waals surface area contributed by atoms with Gasteiger partial charge in [-0.3, -0.25) is 0 Å². The molecule has 5 aromatic heterocycles. The van der Waals surface area contributed by atoms with Gasteiger partial charge in [0.2, 0.25) is 0 Å². The summed E-state index contributed by atoms with van der Waals surface area (Å²) in [5.41, 5.74) is 2.15. The van der Waals surface area contributed by atoms with Gasteiger partial charge < -0.3 is 0 Å². The van der Waals surface area contributed by atoms with Crippen LogP contribution in [-0.2, 0) is 0 Å². The molecule has 0 aliphatic carbocycles. The summed E-state index contributed by atoms with van der Waals surface area (Å²) in [5, 5.41) is 4.25. The Balaban J connectivity index is 2.11. The lowest BCUT2D eigenvalue weighted by molar-refractivity contribution is 1.48. The van der Waals surface area contributed by atoms with Gasteiger partial charge in [0.1, 0.15) is 20.7 Å². The predicted molar refractivity (Wildman–Crippen MR) is 83.6 cm³/mol. The van der Waals surface area contributed by atoms with Crippen LogP contribution in [-0.4, -0.2) is 9.97 Å². The van der Waals surface area contributed by atoms with Crippen molar-refractivity contribution in [3.63, 3.8) is 0 Å². The summed E-state index contributed by atoms with van der Waals surface area (Å²) in [6.45, 7) is 0. The number of thiophene rings is 4. The molecule has 5 heterocycles. The molecule has 0 amide bonds. The molecule has 0 bridgehead atoms. The molecule has 0 aliphatic rings. The SMILES string of the molecule is c1cc2sc3nc4sc5ccsc5c4nc3c2s1. The Kier molecular flexibility index (Phi) is 1.78. The minimum atomic E-state index is 1.07. The van der Waals surface area contributed by atoms with Crippen molar-refractivity contribution in [2.75, 3.05) is 0 Å². The fourth-order valence-electron chi connectivity index (χ4n) is 2.15. The number of aromatic nitrogens is 2. The maximum absolute atomic E-state index is 4.88. The van der Waals surface area contributed by atoms with Crippen LogP contribution in [0.5, 0.6) is 0 Å². The van der Waals surface area contributed by atoms with Gasteiger partial charge in [0.15, 0.2) is 0 Å². The first-order chi connectivity index (χ1) is 8.90. The molecular formula is C12H4N2S4. The number of fused-ring (bicyclic) bond motifs is 6. The van der Waals surface area contributed by atoms with Crippen LogP contribution in [0.4, 0.5) is 0 Å². The molecule has 0 radical (unpaired) electrons. The third-order valence-corrected chi connectivity index (χ3v) is 7.11. The van der Waals surface area contributed by atoms with Crippen molar-refractivity contribution in [2.45, 2.75) is 0 Å². The summed E-state index contributed by atoms with van der Waals surface area (Å²) >= 11 is 7.00. The first-order valence-electron chi connectivity index (χ1n) is 5.33. The highest BCUT2D eigenvalue weighted by Crippen LogP contribution is 2.40. The second-order valence-corrected chi connectivity index (χ2v) is 7.86. The first-order valence-corrected chi connectivity index (χ1v) is 8.73. The lowest BCUT2D eigenvalue weighted by Gasteiger charge is -1.90. The molecule has 0 aromatic carbocycles. The molecule has 5 rings (SSSR count). The topological polar surface area (TPSA) is 25.8 Å². The Morgan fingerprint density at radius 1 is 0.722 bits per heavy atom. The molecule has 0 N–H and O–H groups in total. The average Bonchev–Trinajstić information content (AvgIpc) is 3.04. The van der Waals surface area contributed by atoms with Crippen LogP contribution >= 0.6 is 45.3 Å². The fourth-order valence-corrected chi connectivity index (χ4v) is 6.44. The lowest BCUT2D eigenvalue weighted by Crippen LogP contribution is -1.78. The van der Waals surface area contributed by atoms with E-state index in [9.17, 15) is 0 Å². The molecule has 0 fully saturated rings. The summed E-state index contributed by atoms with van der Waals surface area (Å²) < 4.78 is 5.16. The molecule has 86 valence electrons. The second kappa shape index (κ2) is 3.27. The van der Waals surface area contributed by atoms with Crippen LogP contribution in [0.15, 0.2) is 22.9 Å². The van der Waals surface area contributed by atoms with Crippen molar-refractivity contribution in [3.05, 3.63) is 22.9 Å². The molecule has 0 saturated heterocycles. The summed E-state index contributed by atoms with van der Waals surface area (Å²) in [5.74, 6) is 0. The zero-order chi connectivity index (χ0) is 11.7. The molecule has 0 atom stereocenters.